The molecular weight excluding hydrogens is 246 g/mol. The maximum atomic E-state index is 6.15. The van der Waals surface area contributed by atoms with Gasteiger partial charge in [0.05, 0.1) is 6.04 Å². The number of pyridine rings is 1. The minimum Gasteiger partial charge on any atom is -0.271 e. The number of nitrogens with zero attached hydrogens (tertiary/aromatic N) is 1. The van der Waals surface area contributed by atoms with Crippen molar-refractivity contribution < 1.29 is 0 Å². The van der Waals surface area contributed by atoms with Crippen LogP contribution in [0.3, 0.4) is 0 Å². The molecule has 94 valence electrons. The lowest BCUT2D eigenvalue weighted by Crippen LogP contribution is -2.29. The molecule has 0 aliphatic carbocycles. The van der Waals surface area contributed by atoms with Gasteiger partial charge in [-0.3, -0.25) is 10.8 Å². The van der Waals surface area contributed by atoms with Crippen molar-refractivity contribution in [2.75, 3.05) is 0 Å². The SMILES string of the molecule is Cc1cc(C(NN)c2ccc(C)c(Cl)c2)ccn1. The summed E-state index contributed by atoms with van der Waals surface area (Å²) >= 11 is 6.15. The van der Waals surface area contributed by atoms with Crippen molar-refractivity contribution in [3.63, 3.8) is 0 Å². The van der Waals surface area contributed by atoms with Gasteiger partial charge in [0.1, 0.15) is 0 Å². The number of nitrogens with one attached hydrogen (secondary N) is 1. The van der Waals surface area contributed by atoms with E-state index in [4.69, 9.17) is 17.4 Å². The summed E-state index contributed by atoms with van der Waals surface area (Å²) in [6.45, 7) is 3.94. The molecule has 1 heterocycles. The summed E-state index contributed by atoms with van der Waals surface area (Å²) in [4.78, 5) is 4.19. The van der Waals surface area contributed by atoms with Crippen LogP contribution in [0.25, 0.3) is 0 Å². The third-order valence-corrected chi connectivity index (χ3v) is 3.36. The highest BCUT2D eigenvalue weighted by atomic mass is 35.5. The van der Waals surface area contributed by atoms with E-state index >= 15 is 0 Å². The quantitative estimate of drug-likeness (QED) is 0.660. The number of nitrogens with two attached hydrogens (primary N) is 1. The van der Waals surface area contributed by atoms with Crippen LogP contribution in [-0.4, -0.2) is 4.98 Å². The zero-order chi connectivity index (χ0) is 13.1. The molecule has 18 heavy (non-hydrogen) atoms. The van der Waals surface area contributed by atoms with Gasteiger partial charge >= 0.3 is 0 Å². The minimum atomic E-state index is -0.0789. The number of halogens is 1. The normalized spacial score (nSPS) is 12.4. The summed E-state index contributed by atoms with van der Waals surface area (Å²) in [5, 5.41) is 0.749. The van der Waals surface area contributed by atoms with Crippen LogP contribution in [0.2, 0.25) is 5.02 Å². The van der Waals surface area contributed by atoms with Crippen LogP contribution in [0, 0.1) is 13.8 Å². The number of aryl methyl sites for hydroxylation is 2. The molecule has 0 fully saturated rings. The topological polar surface area (TPSA) is 50.9 Å². The molecule has 0 bridgehead atoms. The number of rotatable bonds is 3. The van der Waals surface area contributed by atoms with Crippen molar-refractivity contribution in [3.05, 3.63) is 63.9 Å². The average molecular weight is 262 g/mol. The summed E-state index contributed by atoms with van der Waals surface area (Å²) in [6, 6.07) is 9.85. The lowest BCUT2D eigenvalue weighted by Gasteiger charge is -2.18. The Morgan fingerprint density at radius 3 is 2.50 bits per heavy atom. The van der Waals surface area contributed by atoms with Crippen molar-refractivity contribution in [2.45, 2.75) is 19.9 Å². The van der Waals surface area contributed by atoms with Gasteiger partial charge in [-0.05, 0) is 48.7 Å². The molecule has 2 aromatic rings. The predicted molar refractivity (Wildman–Crippen MR) is 74.3 cm³/mol. The molecule has 2 rings (SSSR count). The Bertz CT molecular complexity index is 554. The standard InChI is InChI=1S/C14H16ClN3/c1-9-3-4-11(8-13(9)15)14(18-16)12-5-6-17-10(2)7-12/h3-8,14,18H,16H2,1-2H3. The summed E-state index contributed by atoms with van der Waals surface area (Å²) in [5.74, 6) is 5.66. The molecule has 1 aromatic heterocycles. The highest BCUT2D eigenvalue weighted by Gasteiger charge is 2.13. The highest BCUT2D eigenvalue weighted by molar-refractivity contribution is 6.31. The molecule has 0 aliphatic heterocycles. The fourth-order valence-corrected chi connectivity index (χ4v) is 2.11. The van der Waals surface area contributed by atoms with E-state index in [1.807, 2.05) is 44.2 Å². The summed E-state index contributed by atoms with van der Waals surface area (Å²) < 4.78 is 0. The van der Waals surface area contributed by atoms with Gasteiger partial charge in [0.15, 0.2) is 0 Å². The van der Waals surface area contributed by atoms with Gasteiger partial charge in [0, 0.05) is 16.9 Å². The molecule has 0 saturated heterocycles. The molecule has 1 aromatic carbocycles. The zero-order valence-corrected chi connectivity index (χ0v) is 11.2. The van der Waals surface area contributed by atoms with Gasteiger partial charge in [-0.1, -0.05) is 23.7 Å². The second-order valence-electron chi connectivity index (χ2n) is 4.34. The van der Waals surface area contributed by atoms with Crippen LogP contribution in [0.4, 0.5) is 0 Å². The van der Waals surface area contributed by atoms with Crippen LogP contribution in [0.5, 0.6) is 0 Å². The first kappa shape index (κ1) is 13.0. The smallest absolute Gasteiger partial charge is 0.0711 e. The Balaban J connectivity index is 2.42. The second-order valence-corrected chi connectivity index (χ2v) is 4.75. The Labute approximate surface area is 112 Å². The fraction of sp³-hybridized carbons (Fsp3) is 0.214. The van der Waals surface area contributed by atoms with Crippen molar-refractivity contribution in [1.29, 1.82) is 0 Å². The summed E-state index contributed by atoms with van der Waals surface area (Å²) in [7, 11) is 0. The summed E-state index contributed by atoms with van der Waals surface area (Å²) in [5.41, 5.74) is 6.96. The van der Waals surface area contributed by atoms with Gasteiger partial charge in [-0.2, -0.15) is 0 Å². The van der Waals surface area contributed by atoms with E-state index < -0.39 is 0 Å². The predicted octanol–water partition coefficient (Wildman–Crippen LogP) is 2.90. The maximum Gasteiger partial charge on any atom is 0.0711 e. The van der Waals surface area contributed by atoms with E-state index in [-0.39, 0.29) is 6.04 Å². The van der Waals surface area contributed by atoms with Crippen molar-refractivity contribution >= 4 is 11.6 Å². The second kappa shape index (κ2) is 5.48. The van der Waals surface area contributed by atoms with E-state index in [0.29, 0.717) is 0 Å². The van der Waals surface area contributed by atoms with Crippen LogP contribution in [0.1, 0.15) is 28.4 Å². The third kappa shape index (κ3) is 2.70. The molecule has 1 unspecified atom stereocenters. The van der Waals surface area contributed by atoms with E-state index in [0.717, 1.165) is 27.4 Å². The van der Waals surface area contributed by atoms with Crippen molar-refractivity contribution in [2.24, 2.45) is 5.84 Å². The van der Waals surface area contributed by atoms with Gasteiger partial charge in [0.2, 0.25) is 0 Å². The monoisotopic (exact) mass is 261 g/mol. The Hall–Kier alpha value is -1.42. The maximum absolute atomic E-state index is 6.15. The molecular formula is C14H16ClN3. The van der Waals surface area contributed by atoms with Crippen LogP contribution < -0.4 is 11.3 Å². The number of hydrazine groups is 1. The molecule has 0 amide bonds. The number of aromatic nitrogens is 1. The molecule has 0 radical (unpaired) electrons. The number of hydrogen-bond acceptors (Lipinski definition) is 3. The molecule has 1 atom stereocenters. The van der Waals surface area contributed by atoms with E-state index in [9.17, 15) is 0 Å². The Kier molecular flexibility index (Phi) is 3.97. The van der Waals surface area contributed by atoms with E-state index in [1.165, 1.54) is 0 Å². The van der Waals surface area contributed by atoms with Gasteiger partial charge in [-0.25, -0.2) is 5.43 Å². The number of hydrogen-bond donors (Lipinski definition) is 2. The average Bonchev–Trinajstić information content (AvgIpc) is 2.35. The van der Waals surface area contributed by atoms with Gasteiger partial charge in [0.25, 0.3) is 0 Å². The van der Waals surface area contributed by atoms with Crippen molar-refractivity contribution in [1.82, 2.24) is 10.4 Å². The zero-order valence-electron chi connectivity index (χ0n) is 10.4. The van der Waals surface area contributed by atoms with Gasteiger partial charge in [-0.15, -0.1) is 0 Å². The van der Waals surface area contributed by atoms with Crippen LogP contribution >= 0.6 is 11.6 Å². The first-order valence-corrected chi connectivity index (χ1v) is 6.14. The van der Waals surface area contributed by atoms with E-state index in [1.54, 1.807) is 6.20 Å². The number of benzene rings is 1. The highest BCUT2D eigenvalue weighted by Crippen LogP contribution is 2.25. The fourth-order valence-electron chi connectivity index (χ4n) is 1.92. The first-order chi connectivity index (χ1) is 8.61. The molecule has 0 spiro atoms. The van der Waals surface area contributed by atoms with Crippen LogP contribution in [0.15, 0.2) is 36.5 Å². The Morgan fingerprint density at radius 1 is 1.17 bits per heavy atom. The summed E-state index contributed by atoms with van der Waals surface area (Å²) in [6.07, 6.45) is 1.78. The molecule has 3 nitrogen and oxygen atoms in total. The largest absolute Gasteiger partial charge is 0.271 e. The van der Waals surface area contributed by atoms with Crippen LogP contribution in [-0.2, 0) is 0 Å². The molecule has 4 heteroatoms. The third-order valence-electron chi connectivity index (χ3n) is 2.95. The Morgan fingerprint density at radius 2 is 1.89 bits per heavy atom. The molecule has 0 aliphatic rings. The molecule has 0 saturated carbocycles. The van der Waals surface area contributed by atoms with E-state index in [2.05, 4.69) is 10.4 Å². The lowest BCUT2D eigenvalue weighted by molar-refractivity contribution is 0.635. The molecule has 3 N–H and O–H groups in total. The van der Waals surface area contributed by atoms with Gasteiger partial charge < -0.3 is 0 Å². The lowest BCUT2D eigenvalue weighted by atomic mass is 9.98. The van der Waals surface area contributed by atoms with Crippen molar-refractivity contribution in [3.8, 4) is 0 Å². The minimum absolute atomic E-state index is 0.0789. The first-order valence-electron chi connectivity index (χ1n) is 5.76.